The van der Waals surface area contributed by atoms with E-state index in [1.54, 1.807) is 12.4 Å². The maximum atomic E-state index is 13.5. The van der Waals surface area contributed by atoms with Crippen molar-refractivity contribution in [2.24, 2.45) is 0 Å². The van der Waals surface area contributed by atoms with E-state index in [0.717, 1.165) is 39.5 Å². The normalized spacial score (nSPS) is 18.0. The van der Waals surface area contributed by atoms with Crippen LogP contribution >= 0.6 is 0 Å². The van der Waals surface area contributed by atoms with Crippen LogP contribution in [0.5, 0.6) is 0 Å². The molecule has 0 unspecified atom stereocenters. The summed E-state index contributed by atoms with van der Waals surface area (Å²) in [5.74, 6) is 0.261. The lowest BCUT2D eigenvalue weighted by atomic mass is 10.0. The monoisotopic (exact) mass is 390 g/mol. The van der Waals surface area contributed by atoms with E-state index in [1.165, 1.54) is 6.33 Å². The topological polar surface area (TPSA) is 60.7 Å². The fourth-order valence-electron chi connectivity index (χ4n) is 4.34. The van der Waals surface area contributed by atoms with Gasteiger partial charge in [0, 0.05) is 47.2 Å². The number of para-hydroxylation sites is 1. The Kier molecular flexibility index (Phi) is 3.74. The molecule has 3 heterocycles. The van der Waals surface area contributed by atoms with Crippen LogP contribution < -0.4 is 5.56 Å². The van der Waals surface area contributed by atoms with Crippen LogP contribution in [-0.2, 0) is 0 Å². The number of rotatable bonds is 3. The smallest absolute Gasteiger partial charge is 0.259 e. The van der Waals surface area contributed by atoms with E-state index in [0.29, 0.717) is 5.39 Å². The van der Waals surface area contributed by atoms with Crippen LogP contribution in [0.4, 0.5) is 0 Å². The van der Waals surface area contributed by atoms with Crippen LogP contribution in [0.3, 0.4) is 0 Å². The molecule has 5 heteroatoms. The highest BCUT2D eigenvalue weighted by molar-refractivity contribution is 5.95. The Balaban J connectivity index is 1.43. The van der Waals surface area contributed by atoms with E-state index in [2.05, 4.69) is 28.2 Å². The molecule has 0 saturated heterocycles. The second kappa shape index (κ2) is 6.59. The van der Waals surface area contributed by atoms with E-state index >= 15 is 0 Å². The minimum absolute atomic E-state index is 0.0280. The van der Waals surface area contributed by atoms with Gasteiger partial charge in [0.1, 0.15) is 6.33 Å². The van der Waals surface area contributed by atoms with Crippen molar-refractivity contribution in [2.75, 3.05) is 0 Å². The number of pyridine rings is 2. The molecule has 30 heavy (non-hydrogen) atoms. The lowest BCUT2D eigenvalue weighted by molar-refractivity contribution is 0.688. The molecule has 1 fully saturated rings. The number of hydrogen-bond donors (Lipinski definition) is 0. The van der Waals surface area contributed by atoms with Gasteiger partial charge >= 0.3 is 0 Å². The van der Waals surface area contributed by atoms with Crippen molar-refractivity contribution in [3.8, 4) is 11.1 Å². The molecule has 0 radical (unpaired) electrons. The molecule has 0 spiro atoms. The fraction of sp³-hybridized carbons (Fsp3) is 0.120. The highest BCUT2D eigenvalue weighted by atomic mass is 16.1. The molecular weight excluding hydrogens is 372 g/mol. The molecule has 5 aromatic rings. The summed E-state index contributed by atoms with van der Waals surface area (Å²) in [7, 11) is 0. The van der Waals surface area contributed by atoms with Crippen LogP contribution in [0.2, 0.25) is 0 Å². The zero-order valence-corrected chi connectivity index (χ0v) is 16.1. The van der Waals surface area contributed by atoms with Gasteiger partial charge in [-0.2, -0.15) is 0 Å². The third-order valence-electron chi connectivity index (χ3n) is 5.95. The summed E-state index contributed by atoms with van der Waals surface area (Å²) in [4.78, 5) is 26.6. The van der Waals surface area contributed by atoms with Crippen molar-refractivity contribution in [1.29, 1.82) is 0 Å². The summed E-state index contributed by atoms with van der Waals surface area (Å²) >= 11 is 0. The molecule has 1 aliphatic carbocycles. The number of nitrogens with zero attached hydrogens (tertiary/aromatic N) is 4. The Labute approximate surface area is 172 Å². The Morgan fingerprint density at radius 1 is 0.867 bits per heavy atom. The molecule has 0 N–H and O–H groups in total. The zero-order valence-electron chi connectivity index (χ0n) is 16.1. The Bertz CT molecular complexity index is 1460. The molecule has 144 valence electrons. The van der Waals surface area contributed by atoms with Gasteiger partial charge in [-0.3, -0.25) is 9.78 Å². The lowest BCUT2D eigenvalue weighted by Gasteiger charge is -2.10. The van der Waals surface area contributed by atoms with Crippen LogP contribution in [-0.4, -0.2) is 19.5 Å². The van der Waals surface area contributed by atoms with Crippen molar-refractivity contribution < 1.29 is 0 Å². The van der Waals surface area contributed by atoms with Gasteiger partial charge in [0.15, 0.2) is 0 Å². The summed E-state index contributed by atoms with van der Waals surface area (Å²) in [5, 5.41) is 2.78. The van der Waals surface area contributed by atoms with Crippen molar-refractivity contribution in [3.63, 3.8) is 0 Å². The van der Waals surface area contributed by atoms with Crippen LogP contribution in [0.25, 0.3) is 32.8 Å². The average molecular weight is 390 g/mol. The van der Waals surface area contributed by atoms with E-state index < -0.39 is 0 Å². The van der Waals surface area contributed by atoms with Crippen molar-refractivity contribution >= 4 is 21.7 Å². The predicted molar refractivity (Wildman–Crippen MR) is 117 cm³/mol. The van der Waals surface area contributed by atoms with Gasteiger partial charge in [-0.05, 0) is 35.6 Å². The Morgan fingerprint density at radius 3 is 2.60 bits per heavy atom. The van der Waals surface area contributed by atoms with E-state index in [9.17, 15) is 4.79 Å². The standard InChI is InChI=1S/C25H18N4O/c30-25-24-17(5-3-6-19(24)18-13-26-15-27-14-18)10-11-29(25)23-12-20(23)22-9-8-16-4-1-2-7-21(16)28-22/h1-11,13-15,20,23H,12H2/t20-,23+/m0/s1. The predicted octanol–water partition coefficient (Wildman–Crippen LogP) is 4.74. The van der Waals surface area contributed by atoms with Crippen molar-refractivity contribution in [1.82, 2.24) is 19.5 Å². The van der Waals surface area contributed by atoms with Gasteiger partial charge in [0.2, 0.25) is 0 Å². The minimum atomic E-state index is 0.0280. The highest BCUT2D eigenvalue weighted by Gasteiger charge is 2.41. The summed E-state index contributed by atoms with van der Waals surface area (Å²) in [6.07, 6.45) is 7.84. The SMILES string of the molecule is O=c1c2c(-c3cncnc3)cccc2ccn1[C@@H]1C[C@H]1c1ccc2ccccc2n1. The third kappa shape index (κ3) is 2.70. The van der Waals surface area contributed by atoms with Crippen LogP contribution in [0.1, 0.15) is 24.1 Å². The summed E-state index contributed by atoms with van der Waals surface area (Å²) in [6, 6.07) is 20.4. The second-order valence-corrected chi connectivity index (χ2v) is 7.76. The Morgan fingerprint density at radius 2 is 1.70 bits per heavy atom. The van der Waals surface area contributed by atoms with Gasteiger partial charge < -0.3 is 4.57 Å². The first-order chi connectivity index (χ1) is 14.8. The third-order valence-corrected chi connectivity index (χ3v) is 5.95. The molecule has 0 amide bonds. The van der Waals surface area contributed by atoms with E-state index in [4.69, 9.17) is 4.98 Å². The maximum absolute atomic E-state index is 13.5. The largest absolute Gasteiger partial charge is 0.311 e. The quantitative estimate of drug-likeness (QED) is 0.447. The zero-order chi connectivity index (χ0) is 20.1. The summed E-state index contributed by atoms with van der Waals surface area (Å²) < 4.78 is 1.87. The fourth-order valence-corrected chi connectivity index (χ4v) is 4.34. The average Bonchev–Trinajstić information content (AvgIpc) is 3.60. The lowest BCUT2D eigenvalue weighted by Crippen LogP contribution is -2.19. The van der Waals surface area contributed by atoms with Gasteiger partial charge in [-0.1, -0.05) is 42.5 Å². The maximum Gasteiger partial charge on any atom is 0.259 e. The molecule has 3 aromatic heterocycles. The van der Waals surface area contributed by atoms with Gasteiger partial charge in [-0.15, -0.1) is 0 Å². The molecule has 2 atom stereocenters. The number of hydrogen-bond acceptors (Lipinski definition) is 4. The van der Waals surface area contributed by atoms with E-state index in [-0.39, 0.29) is 17.5 Å². The van der Waals surface area contributed by atoms with Crippen molar-refractivity contribution in [3.05, 3.63) is 102 Å². The molecule has 1 saturated carbocycles. The van der Waals surface area contributed by atoms with Crippen LogP contribution in [0, 0.1) is 0 Å². The van der Waals surface area contributed by atoms with Crippen molar-refractivity contribution in [2.45, 2.75) is 18.4 Å². The highest BCUT2D eigenvalue weighted by Crippen LogP contribution is 2.50. The molecule has 0 bridgehead atoms. The summed E-state index contributed by atoms with van der Waals surface area (Å²) in [5.41, 5.74) is 3.79. The first-order valence-corrected chi connectivity index (χ1v) is 10.0. The molecule has 5 nitrogen and oxygen atoms in total. The first kappa shape index (κ1) is 17.0. The molecule has 2 aromatic carbocycles. The molecular formula is C25H18N4O. The van der Waals surface area contributed by atoms with E-state index in [1.807, 2.05) is 53.2 Å². The van der Waals surface area contributed by atoms with Gasteiger partial charge in [0.25, 0.3) is 5.56 Å². The van der Waals surface area contributed by atoms with Gasteiger partial charge in [0.05, 0.1) is 10.9 Å². The Hall–Kier alpha value is -3.86. The second-order valence-electron chi connectivity index (χ2n) is 7.76. The minimum Gasteiger partial charge on any atom is -0.311 e. The van der Waals surface area contributed by atoms with Gasteiger partial charge in [-0.25, -0.2) is 9.97 Å². The number of fused-ring (bicyclic) bond motifs is 2. The molecule has 0 aliphatic heterocycles. The first-order valence-electron chi connectivity index (χ1n) is 10.0. The summed E-state index contributed by atoms with van der Waals surface area (Å²) in [6.45, 7) is 0. The molecule has 6 rings (SSSR count). The number of benzene rings is 2. The number of aromatic nitrogens is 4. The molecule has 1 aliphatic rings. The van der Waals surface area contributed by atoms with Crippen LogP contribution in [0.15, 0.2) is 90.4 Å².